The van der Waals surface area contributed by atoms with Gasteiger partial charge < -0.3 is 12.3 Å². The summed E-state index contributed by atoms with van der Waals surface area (Å²) in [4.78, 5) is 0. The van der Waals surface area contributed by atoms with Crippen LogP contribution in [0.2, 0.25) is 0 Å². The minimum atomic E-state index is 0. The molecule has 8 heavy (non-hydrogen) atoms. The van der Waals surface area contributed by atoms with Crippen LogP contribution in [0.3, 0.4) is 0 Å². The standard InChI is InChI=1S/C7H5.Au/c1-2-7-5-3-4-6-7;/h3-7H;/q-1;+1. The first-order valence-electron chi connectivity index (χ1n) is 2.21. The molecule has 0 N–H and O–H groups in total. The molecular weight excluding hydrogens is 281 g/mol. The minimum Gasteiger partial charge on any atom is -0.693 e. The zero-order valence-electron chi connectivity index (χ0n) is 4.19. The normalized spacial score (nSPS) is 15.4. The summed E-state index contributed by atoms with van der Waals surface area (Å²) >= 11 is 0. The van der Waals surface area contributed by atoms with Gasteiger partial charge >= 0.3 is 22.4 Å². The molecule has 0 nitrogen and oxygen atoms in total. The van der Waals surface area contributed by atoms with E-state index >= 15 is 0 Å². The van der Waals surface area contributed by atoms with Gasteiger partial charge in [0, 0.05) is 5.92 Å². The minimum absolute atomic E-state index is 0. The van der Waals surface area contributed by atoms with Gasteiger partial charge in [-0.05, 0) is 0 Å². The quantitative estimate of drug-likeness (QED) is 0.358. The molecule has 0 amide bonds. The van der Waals surface area contributed by atoms with E-state index in [2.05, 4.69) is 5.92 Å². The maximum absolute atomic E-state index is 6.65. The molecule has 0 aromatic rings. The van der Waals surface area contributed by atoms with Crippen LogP contribution in [0.1, 0.15) is 0 Å². The van der Waals surface area contributed by atoms with Crippen molar-refractivity contribution in [3.8, 4) is 5.92 Å². The smallest absolute Gasteiger partial charge is 0.693 e. The Labute approximate surface area is 65.2 Å². The maximum atomic E-state index is 6.65. The summed E-state index contributed by atoms with van der Waals surface area (Å²) in [6.07, 6.45) is 14.3. The van der Waals surface area contributed by atoms with Gasteiger partial charge in [0.2, 0.25) is 0 Å². The van der Waals surface area contributed by atoms with Crippen molar-refractivity contribution in [1.29, 1.82) is 0 Å². The number of allylic oxidation sites excluding steroid dienone is 4. The average Bonchev–Trinajstić information content (AvgIpc) is 2.14. The van der Waals surface area contributed by atoms with Gasteiger partial charge in [0.15, 0.2) is 0 Å². The summed E-state index contributed by atoms with van der Waals surface area (Å²) in [7, 11) is 0. The molecule has 0 bridgehead atoms. The number of hydrogen-bond acceptors (Lipinski definition) is 0. The molecule has 1 aliphatic rings. The number of rotatable bonds is 0. The van der Waals surface area contributed by atoms with Crippen molar-refractivity contribution in [2.75, 3.05) is 0 Å². The van der Waals surface area contributed by atoms with Crippen LogP contribution in [-0.4, -0.2) is 0 Å². The Morgan fingerprint density at radius 3 is 2.00 bits per heavy atom. The van der Waals surface area contributed by atoms with Gasteiger partial charge in [0.1, 0.15) is 0 Å². The molecule has 0 aromatic heterocycles. The SMILES string of the molecule is [Au+].[C-]#CC1C=CC=C1. The second kappa shape index (κ2) is 3.74. The summed E-state index contributed by atoms with van der Waals surface area (Å²) in [6, 6.07) is 0. The van der Waals surface area contributed by atoms with E-state index in [1.54, 1.807) is 0 Å². The molecule has 0 saturated heterocycles. The van der Waals surface area contributed by atoms with Gasteiger partial charge in [-0.25, -0.2) is 0 Å². The molecule has 0 atom stereocenters. The van der Waals surface area contributed by atoms with E-state index in [4.69, 9.17) is 6.42 Å². The van der Waals surface area contributed by atoms with Crippen LogP contribution in [0.5, 0.6) is 0 Å². The fraction of sp³-hybridized carbons (Fsp3) is 0.143. The summed E-state index contributed by atoms with van der Waals surface area (Å²) in [6.45, 7) is 0. The van der Waals surface area contributed by atoms with Crippen molar-refractivity contribution < 1.29 is 22.4 Å². The summed E-state index contributed by atoms with van der Waals surface area (Å²) in [5.41, 5.74) is 0. The molecule has 1 heteroatoms. The third-order valence-electron chi connectivity index (χ3n) is 0.915. The van der Waals surface area contributed by atoms with Gasteiger partial charge in [-0.2, -0.15) is 0 Å². The zero-order valence-corrected chi connectivity index (χ0v) is 6.35. The molecule has 0 heterocycles. The third-order valence-corrected chi connectivity index (χ3v) is 0.915. The van der Waals surface area contributed by atoms with E-state index < -0.39 is 0 Å². The second-order valence-corrected chi connectivity index (χ2v) is 1.44. The second-order valence-electron chi connectivity index (χ2n) is 1.44. The van der Waals surface area contributed by atoms with Crippen LogP contribution in [0.15, 0.2) is 24.3 Å². The molecule has 44 valence electrons. The molecule has 0 spiro atoms. The van der Waals surface area contributed by atoms with Crippen molar-refractivity contribution in [1.82, 2.24) is 0 Å². The molecule has 0 unspecified atom stereocenters. The summed E-state index contributed by atoms with van der Waals surface area (Å²) in [5.74, 6) is 2.49. The van der Waals surface area contributed by atoms with Crippen molar-refractivity contribution in [3.05, 3.63) is 30.7 Å². The largest absolute Gasteiger partial charge is 1.00 e. The average molecular weight is 286 g/mol. The molecular formula is C7H5Au. The van der Waals surface area contributed by atoms with E-state index in [1.807, 2.05) is 24.3 Å². The van der Waals surface area contributed by atoms with Crippen molar-refractivity contribution in [2.45, 2.75) is 0 Å². The molecule has 0 saturated carbocycles. The Bertz CT molecular complexity index is 136. The predicted molar refractivity (Wildman–Crippen MR) is 28.9 cm³/mol. The van der Waals surface area contributed by atoms with Crippen molar-refractivity contribution >= 4 is 0 Å². The van der Waals surface area contributed by atoms with E-state index in [1.165, 1.54) is 0 Å². The van der Waals surface area contributed by atoms with Crippen LogP contribution in [0.4, 0.5) is 0 Å². The van der Waals surface area contributed by atoms with Crippen LogP contribution in [-0.2, 0) is 22.4 Å². The van der Waals surface area contributed by atoms with E-state index in [0.29, 0.717) is 0 Å². The summed E-state index contributed by atoms with van der Waals surface area (Å²) < 4.78 is 0. The molecule has 0 aromatic carbocycles. The first-order valence-corrected chi connectivity index (χ1v) is 2.21. The van der Waals surface area contributed by atoms with Crippen molar-refractivity contribution in [3.63, 3.8) is 0 Å². The van der Waals surface area contributed by atoms with Crippen LogP contribution in [0.25, 0.3) is 0 Å². The molecule has 0 radical (unpaired) electrons. The molecule has 0 aliphatic heterocycles. The predicted octanol–water partition coefficient (Wildman–Crippen LogP) is 1.32. The van der Waals surface area contributed by atoms with Crippen LogP contribution >= 0.6 is 0 Å². The maximum Gasteiger partial charge on any atom is 1.00 e. The van der Waals surface area contributed by atoms with Crippen LogP contribution in [0, 0.1) is 18.3 Å². The van der Waals surface area contributed by atoms with Gasteiger partial charge in [-0.15, -0.1) is 0 Å². The molecule has 0 fully saturated rings. The molecule has 1 aliphatic carbocycles. The Morgan fingerprint density at radius 1 is 1.25 bits per heavy atom. The summed E-state index contributed by atoms with van der Waals surface area (Å²) in [5, 5.41) is 0. The third kappa shape index (κ3) is 1.71. The fourth-order valence-corrected chi connectivity index (χ4v) is 0.528. The van der Waals surface area contributed by atoms with E-state index in [0.717, 1.165) is 0 Å². The fourth-order valence-electron chi connectivity index (χ4n) is 0.528. The Morgan fingerprint density at radius 2 is 1.75 bits per heavy atom. The first-order chi connectivity index (χ1) is 3.43. The molecule has 1 rings (SSSR count). The van der Waals surface area contributed by atoms with E-state index in [9.17, 15) is 0 Å². The Kier molecular flexibility index (Phi) is 3.64. The number of hydrogen-bond donors (Lipinski definition) is 0. The monoisotopic (exact) mass is 286 g/mol. The van der Waals surface area contributed by atoms with Gasteiger partial charge in [0.25, 0.3) is 0 Å². The van der Waals surface area contributed by atoms with Crippen LogP contribution < -0.4 is 0 Å². The zero-order chi connectivity index (χ0) is 5.11. The Hall–Kier alpha value is -0.220. The van der Waals surface area contributed by atoms with E-state index in [-0.39, 0.29) is 28.3 Å². The first kappa shape index (κ1) is 7.78. The topological polar surface area (TPSA) is 0 Å². The van der Waals surface area contributed by atoms with Gasteiger partial charge in [-0.3, -0.25) is 0 Å². The van der Waals surface area contributed by atoms with Gasteiger partial charge in [-0.1, -0.05) is 24.3 Å². The van der Waals surface area contributed by atoms with Crippen molar-refractivity contribution in [2.24, 2.45) is 5.92 Å². The Balaban J connectivity index is 0.000000490. The van der Waals surface area contributed by atoms with Gasteiger partial charge in [0.05, 0.1) is 0 Å².